The van der Waals surface area contributed by atoms with Crippen molar-refractivity contribution in [2.75, 3.05) is 18.7 Å². The molecule has 8 heteroatoms. The predicted octanol–water partition coefficient (Wildman–Crippen LogP) is 4.26. The smallest absolute Gasteiger partial charge is 0.330 e. The van der Waals surface area contributed by atoms with E-state index in [1.807, 2.05) is 30.3 Å². The summed E-state index contributed by atoms with van der Waals surface area (Å²) in [7, 11) is 0. The molecule has 0 atom stereocenters. The lowest BCUT2D eigenvalue weighted by Gasteiger charge is -2.10. The second-order valence-corrected chi connectivity index (χ2v) is 7.73. The molecule has 3 rings (SSSR count). The third-order valence-corrected chi connectivity index (χ3v) is 4.95. The Kier molecular flexibility index (Phi) is 10.6. The van der Waals surface area contributed by atoms with E-state index < -0.39 is 5.97 Å². The van der Waals surface area contributed by atoms with E-state index >= 15 is 0 Å². The van der Waals surface area contributed by atoms with Gasteiger partial charge in [0.15, 0.2) is 0 Å². The topological polar surface area (TPSA) is 121 Å². The van der Waals surface area contributed by atoms with Crippen molar-refractivity contribution in [2.24, 2.45) is 0 Å². The first-order chi connectivity index (χ1) is 18.6. The van der Waals surface area contributed by atoms with Crippen LogP contribution >= 0.6 is 0 Å². The molecular weight excluding hydrogens is 478 g/mol. The van der Waals surface area contributed by atoms with Crippen LogP contribution in [0.4, 0.5) is 5.69 Å². The fraction of sp³-hybridized carbons (Fsp3) is 0.167. The average molecular weight is 502 g/mol. The summed E-state index contributed by atoms with van der Waals surface area (Å²) in [6, 6.07) is 16.2. The molecule has 0 saturated heterocycles. The van der Waals surface area contributed by atoms with E-state index in [9.17, 15) is 4.79 Å². The highest BCUT2D eigenvalue weighted by molar-refractivity contribution is 5.81. The largest absolute Gasteiger partial charge is 0.463 e. The minimum absolute atomic E-state index is 0.325. The molecule has 0 aliphatic rings. The van der Waals surface area contributed by atoms with Gasteiger partial charge >= 0.3 is 5.97 Å². The number of carbonyl (C=O) groups excluding carboxylic acids is 1. The summed E-state index contributed by atoms with van der Waals surface area (Å²) in [5.74, 6) is 11.8. The Morgan fingerprint density at radius 1 is 0.842 bits per heavy atom. The summed E-state index contributed by atoms with van der Waals surface area (Å²) in [6.07, 6.45) is 6.57. The fourth-order valence-electron chi connectivity index (χ4n) is 2.98. The predicted molar refractivity (Wildman–Crippen MR) is 141 cm³/mol. The number of pyridine rings is 2. The number of rotatable bonds is 9. The van der Waals surface area contributed by atoms with Crippen LogP contribution in [-0.2, 0) is 14.4 Å². The van der Waals surface area contributed by atoms with Gasteiger partial charge in [-0.05, 0) is 61.7 Å². The summed E-state index contributed by atoms with van der Waals surface area (Å²) in [5.41, 5.74) is 7.04. The van der Waals surface area contributed by atoms with Gasteiger partial charge in [0, 0.05) is 35.2 Å². The molecule has 0 radical (unpaired) electrons. The molecule has 186 valence electrons. The zero-order valence-corrected chi connectivity index (χ0v) is 20.5. The number of aromatic nitrogens is 2. The van der Waals surface area contributed by atoms with Gasteiger partial charge in [-0.2, -0.15) is 10.5 Å². The quantitative estimate of drug-likeness (QED) is 0.152. The number of unbranched alkanes of at least 4 members (excludes halogenated alkanes) is 2. The Bertz CT molecular complexity index is 1480. The first kappa shape index (κ1) is 27.2. The third kappa shape index (κ3) is 8.99. The Balaban J connectivity index is 1.69. The normalized spacial score (nSPS) is 9.42. The number of anilines is 1. The lowest BCUT2D eigenvalue weighted by Crippen LogP contribution is -2.06. The van der Waals surface area contributed by atoms with Crippen LogP contribution in [0.2, 0.25) is 0 Å². The first-order valence-electron chi connectivity index (χ1n) is 11.7. The summed E-state index contributed by atoms with van der Waals surface area (Å²) in [4.78, 5) is 24.8. The molecule has 0 spiro atoms. The molecule has 0 aliphatic carbocycles. The fourth-order valence-corrected chi connectivity index (χ4v) is 2.98. The maximum atomic E-state index is 11.1. The van der Waals surface area contributed by atoms with Crippen molar-refractivity contribution >= 4 is 11.7 Å². The molecule has 0 aliphatic heterocycles. The number of nitriles is 2. The van der Waals surface area contributed by atoms with E-state index in [1.165, 1.54) is 0 Å². The van der Waals surface area contributed by atoms with E-state index in [2.05, 4.69) is 45.7 Å². The van der Waals surface area contributed by atoms with Crippen molar-refractivity contribution in [2.45, 2.75) is 19.3 Å². The molecule has 1 N–H and O–H groups in total. The van der Waals surface area contributed by atoms with Crippen LogP contribution in [0.25, 0.3) is 0 Å². The Morgan fingerprint density at radius 3 is 2.05 bits per heavy atom. The van der Waals surface area contributed by atoms with Crippen molar-refractivity contribution in [3.63, 3.8) is 0 Å². The number of nitrogens with one attached hydrogen (secondary N) is 1. The summed E-state index contributed by atoms with van der Waals surface area (Å²) >= 11 is 0. The van der Waals surface area contributed by atoms with E-state index in [-0.39, 0.29) is 0 Å². The molecular formula is C30H23N5O3. The standard InChI is InChI=1S/C30H23N5O3/c1-2-30(36)37-16-4-3-5-17-38-35-29-18-23(6-7-24-10-14-27(19-31)33-21-24)8-12-26(29)13-9-25-11-15-28(20-32)34-22-25/h2,8,10-12,14-15,18,21-22,35H,1,3-5,16-17H2. The number of benzene rings is 1. The minimum Gasteiger partial charge on any atom is -0.463 e. The van der Waals surface area contributed by atoms with Gasteiger partial charge < -0.3 is 4.74 Å². The summed E-state index contributed by atoms with van der Waals surface area (Å²) in [6.45, 7) is 4.15. The molecule has 0 saturated carbocycles. The lowest BCUT2D eigenvalue weighted by molar-refractivity contribution is -0.137. The average Bonchev–Trinajstić information content (AvgIpc) is 2.97. The molecule has 0 amide bonds. The molecule has 0 fully saturated rings. The molecule has 8 nitrogen and oxygen atoms in total. The molecule has 3 aromatic rings. The number of carbonyl (C=O) groups is 1. The highest BCUT2D eigenvalue weighted by atomic mass is 16.6. The van der Waals surface area contributed by atoms with Gasteiger partial charge in [0.2, 0.25) is 0 Å². The van der Waals surface area contributed by atoms with Gasteiger partial charge in [-0.1, -0.05) is 30.3 Å². The van der Waals surface area contributed by atoms with Crippen molar-refractivity contribution in [1.82, 2.24) is 9.97 Å². The molecule has 1 aromatic carbocycles. The Morgan fingerprint density at radius 2 is 1.45 bits per heavy atom. The lowest BCUT2D eigenvalue weighted by atomic mass is 10.1. The third-order valence-electron chi connectivity index (χ3n) is 4.95. The first-order valence-corrected chi connectivity index (χ1v) is 11.7. The van der Waals surface area contributed by atoms with Gasteiger partial charge in [-0.3, -0.25) is 10.3 Å². The molecule has 38 heavy (non-hydrogen) atoms. The highest BCUT2D eigenvalue weighted by Crippen LogP contribution is 2.18. The molecule has 0 bridgehead atoms. The van der Waals surface area contributed by atoms with E-state index in [4.69, 9.17) is 20.1 Å². The van der Waals surface area contributed by atoms with Crippen LogP contribution < -0.4 is 5.48 Å². The molecule has 2 aromatic heterocycles. The van der Waals surface area contributed by atoms with E-state index in [1.54, 1.807) is 36.7 Å². The summed E-state index contributed by atoms with van der Waals surface area (Å²) in [5, 5.41) is 17.8. The zero-order valence-electron chi connectivity index (χ0n) is 20.5. The van der Waals surface area contributed by atoms with Gasteiger partial charge in [-0.15, -0.1) is 0 Å². The second-order valence-electron chi connectivity index (χ2n) is 7.73. The Hall–Kier alpha value is -5.41. The van der Waals surface area contributed by atoms with Gasteiger partial charge in [-0.25, -0.2) is 14.8 Å². The SMILES string of the molecule is C=CC(=O)OCCCCCONc1cc(C#Cc2ccc(C#N)nc2)ccc1C#Cc1ccc(C#N)nc1. The number of hydrogen-bond donors (Lipinski definition) is 1. The maximum absolute atomic E-state index is 11.1. The minimum atomic E-state index is -0.424. The van der Waals surface area contributed by atoms with Crippen LogP contribution in [0.5, 0.6) is 0 Å². The van der Waals surface area contributed by atoms with Crippen molar-refractivity contribution in [3.8, 4) is 35.8 Å². The monoisotopic (exact) mass is 501 g/mol. The number of esters is 1. The number of hydrogen-bond acceptors (Lipinski definition) is 8. The number of ether oxygens (including phenoxy) is 1. The van der Waals surface area contributed by atoms with E-state index in [0.29, 0.717) is 47.0 Å². The van der Waals surface area contributed by atoms with Crippen molar-refractivity contribution in [3.05, 3.63) is 101 Å². The molecule has 0 unspecified atom stereocenters. The zero-order chi connectivity index (χ0) is 27.0. The van der Waals surface area contributed by atoms with Crippen LogP contribution in [0.3, 0.4) is 0 Å². The van der Waals surface area contributed by atoms with Crippen molar-refractivity contribution in [1.29, 1.82) is 10.5 Å². The van der Waals surface area contributed by atoms with Crippen LogP contribution in [0, 0.1) is 46.3 Å². The van der Waals surface area contributed by atoms with Gasteiger partial charge in [0.05, 0.1) is 24.5 Å². The maximum Gasteiger partial charge on any atom is 0.330 e. The van der Waals surface area contributed by atoms with Gasteiger partial charge in [0.25, 0.3) is 0 Å². The number of nitrogens with zero attached hydrogens (tertiary/aromatic N) is 4. The van der Waals surface area contributed by atoms with E-state index in [0.717, 1.165) is 30.9 Å². The van der Waals surface area contributed by atoms with Crippen molar-refractivity contribution < 1.29 is 14.4 Å². The highest BCUT2D eigenvalue weighted by Gasteiger charge is 2.03. The van der Waals surface area contributed by atoms with Gasteiger partial charge in [0.1, 0.15) is 23.5 Å². The Labute approximate surface area is 221 Å². The molecule has 2 heterocycles. The van der Waals surface area contributed by atoms with Crippen LogP contribution in [-0.4, -0.2) is 29.2 Å². The van der Waals surface area contributed by atoms with Crippen LogP contribution in [0.1, 0.15) is 52.9 Å². The summed E-state index contributed by atoms with van der Waals surface area (Å²) < 4.78 is 4.96. The van der Waals surface area contributed by atoms with Crippen LogP contribution in [0.15, 0.2) is 67.5 Å². The second kappa shape index (κ2) is 14.9.